The van der Waals surface area contributed by atoms with E-state index in [1.165, 1.54) is 10.6 Å². The number of benzene rings is 1. The minimum atomic E-state index is -0.542. The fraction of sp³-hybridized carbons (Fsp3) is 0.375. The topological polar surface area (TPSA) is 58.6 Å². The van der Waals surface area contributed by atoms with Crippen molar-refractivity contribution in [1.82, 2.24) is 5.06 Å². The summed E-state index contributed by atoms with van der Waals surface area (Å²) in [6.45, 7) is 5.16. The van der Waals surface area contributed by atoms with Gasteiger partial charge in [-0.1, -0.05) is 32.1 Å². The molecule has 0 atom stereocenters. The summed E-state index contributed by atoms with van der Waals surface area (Å²) in [6.07, 6.45) is 2.80. The Hall–Kier alpha value is -2.14. The molecule has 1 aliphatic heterocycles. The van der Waals surface area contributed by atoms with E-state index in [2.05, 4.69) is 19.2 Å². The average molecular weight is 288 g/mol. The van der Waals surface area contributed by atoms with E-state index in [9.17, 15) is 9.59 Å². The summed E-state index contributed by atoms with van der Waals surface area (Å²) in [7, 11) is 0. The summed E-state index contributed by atoms with van der Waals surface area (Å²) >= 11 is 0. The van der Waals surface area contributed by atoms with Crippen molar-refractivity contribution in [3.8, 4) is 0 Å². The minimum Gasteiger partial charge on any atom is -0.350 e. The fourth-order valence-electron chi connectivity index (χ4n) is 2.11. The van der Waals surface area contributed by atoms with Gasteiger partial charge in [0.2, 0.25) is 0 Å². The average Bonchev–Trinajstić information content (AvgIpc) is 2.47. The number of amides is 1. The summed E-state index contributed by atoms with van der Waals surface area (Å²) in [5, 5.41) is 4.17. The van der Waals surface area contributed by atoms with Gasteiger partial charge in [-0.05, 0) is 30.0 Å². The maximum atomic E-state index is 11.8. The smallest absolute Gasteiger partial charge is 0.350 e. The van der Waals surface area contributed by atoms with E-state index in [1.807, 2.05) is 30.3 Å². The molecule has 1 heterocycles. The van der Waals surface area contributed by atoms with Crippen molar-refractivity contribution in [1.29, 1.82) is 0 Å². The van der Waals surface area contributed by atoms with Crippen LogP contribution in [0.15, 0.2) is 35.9 Å². The maximum absolute atomic E-state index is 11.8. The second-order valence-electron chi connectivity index (χ2n) is 5.33. The lowest BCUT2D eigenvalue weighted by molar-refractivity contribution is -0.110. The van der Waals surface area contributed by atoms with Crippen LogP contribution in [0.3, 0.4) is 0 Å². The monoisotopic (exact) mass is 288 g/mol. The molecule has 21 heavy (non-hydrogen) atoms. The molecule has 112 valence electrons. The highest BCUT2D eigenvalue weighted by atomic mass is 16.7. The van der Waals surface area contributed by atoms with Crippen LogP contribution in [0.4, 0.5) is 10.5 Å². The van der Waals surface area contributed by atoms with Crippen molar-refractivity contribution < 1.29 is 14.4 Å². The molecule has 2 rings (SSSR count). The first-order valence-electron chi connectivity index (χ1n) is 7.06. The normalized spacial score (nSPS) is 15.5. The molecule has 1 aromatic rings. The molecule has 1 aliphatic rings. The van der Waals surface area contributed by atoms with Crippen molar-refractivity contribution in [3.05, 3.63) is 41.5 Å². The third kappa shape index (κ3) is 4.43. The first-order chi connectivity index (χ1) is 10.1. The quantitative estimate of drug-likeness (QED) is 0.865. The zero-order valence-electron chi connectivity index (χ0n) is 12.3. The molecule has 0 saturated heterocycles. The molecular weight excluding hydrogens is 268 g/mol. The molecule has 0 saturated carbocycles. The van der Waals surface area contributed by atoms with E-state index in [1.54, 1.807) is 0 Å². The number of carbonyl (C=O) groups excluding carboxylic acids is 2. The lowest BCUT2D eigenvalue weighted by Gasteiger charge is -2.23. The molecule has 0 bridgehead atoms. The standard InChI is InChI=1S/C16H20N2O3/c1-12(2)14-5-7-15(8-6-14)17-16(20)21-18-9-3-4-13(10-18)11-19/h4-8,11-12H,3,9-10H2,1-2H3,(H,17,20). The zero-order chi connectivity index (χ0) is 15.2. The summed E-state index contributed by atoms with van der Waals surface area (Å²) in [6, 6.07) is 7.66. The third-order valence-corrected chi connectivity index (χ3v) is 3.33. The van der Waals surface area contributed by atoms with Crippen LogP contribution in [0.2, 0.25) is 0 Å². The molecule has 0 unspecified atom stereocenters. The molecule has 0 radical (unpaired) electrons. The Morgan fingerprint density at radius 3 is 2.67 bits per heavy atom. The van der Waals surface area contributed by atoms with Gasteiger partial charge < -0.3 is 4.84 Å². The van der Waals surface area contributed by atoms with E-state index >= 15 is 0 Å². The minimum absolute atomic E-state index is 0.337. The van der Waals surface area contributed by atoms with Crippen LogP contribution in [-0.4, -0.2) is 30.5 Å². The SMILES string of the molecule is CC(C)c1ccc(NC(=O)ON2CCC=C(C=O)C2)cc1. The molecule has 0 aromatic heterocycles. The van der Waals surface area contributed by atoms with Gasteiger partial charge in [-0.15, -0.1) is 5.06 Å². The number of nitrogens with one attached hydrogen (secondary N) is 1. The number of nitrogens with zero attached hydrogens (tertiary/aromatic N) is 1. The Morgan fingerprint density at radius 1 is 1.33 bits per heavy atom. The van der Waals surface area contributed by atoms with Gasteiger partial charge in [0.25, 0.3) is 0 Å². The Kier molecular flexibility index (Phi) is 5.11. The van der Waals surface area contributed by atoms with Gasteiger partial charge in [-0.3, -0.25) is 10.1 Å². The van der Waals surface area contributed by atoms with Crippen molar-refractivity contribution >= 4 is 18.1 Å². The number of carbonyl (C=O) groups is 2. The van der Waals surface area contributed by atoms with Gasteiger partial charge in [-0.2, -0.15) is 0 Å². The first kappa shape index (κ1) is 15.3. The molecule has 1 aromatic carbocycles. The third-order valence-electron chi connectivity index (χ3n) is 3.33. The lowest BCUT2D eigenvalue weighted by Crippen LogP contribution is -2.34. The van der Waals surface area contributed by atoms with Gasteiger partial charge in [0.1, 0.15) is 6.29 Å². The highest BCUT2D eigenvalue weighted by Gasteiger charge is 2.16. The van der Waals surface area contributed by atoms with E-state index in [-0.39, 0.29) is 0 Å². The molecular formula is C16H20N2O3. The number of hydrogen-bond donors (Lipinski definition) is 1. The summed E-state index contributed by atoms with van der Waals surface area (Å²) in [5.41, 5.74) is 2.54. The molecule has 1 N–H and O–H groups in total. The molecule has 1 amide bonds. The molecule has 5 nitrogen and oxygen atoms in total. The molecule has 0 fully saturated rings. The Balaban J connectivity index is 1.87. The summed E-state index contributed by atoms with van der Waals surface area (Å²) < 4.78 is 0. The van der Waals surface area contributed by atoms with E-state index in [0.29, 0.717) is 36.7 Å². The highest BCUT2D eigenvalue weighted by Crippen LogP contribution is 2.17. The Bertz CT molecular complexity index is 535. The second-order valence-corrected chi connectivity index (χ2v) is 5.33. The highest BCUT2D eigenvalue weighted by molar-refractivity contribution is 5.84. The summed E-state index contributed by atoms with van der Waals surface area (Å²) in [4.78, 5) is 27.7. The van der Waals surface area contributed by atoms with E-state index in [4.69, 9.17) is 4.84 Å². The van der Waals surface area contributed by atoms with Crippen LogP contribution in [0.25, 0.3) is 0 Å². The van der Waals surface area contributed by atoms with E-state index in [0.717, 1.165) is 6.29 Å². The van der Waals surface area contributed by atoms with Gasteiger partial charge >= 0.3 is 6.09 Å². The van der Waals surface area contributed by atoms with Crippen LogP contribution < -0.4 is 5.32 Å². The number of rotatable bonds is 4. The maximum Gasteiger partial charge on any atom is 0.430 e. The van der Waals surface area contributed by atoms with Crippen molar-refractivity contribution in [2.24, 2.45) is 0 Å². The van der Waals surface area contributed by atoms with Gasteiger partial charge in [0.05, 0.1) is 6.54 Å². The fourth-order valence-corrected chi connectivity index (χ4v) is 2.11. The van der Waals surface area contributed by atoms with Crippen molar-refractivity contribution in [3.63, 3.8) is 0 Å². The molecule has 0 aliphatic carbocycles. The second kappa shape index (κ2) is 7.04. The Labute approximate surface area is 124 Å². The van der Waals surface area contributed by atoms with E-state index < -0.39 is 6.09 Å². The van der Waals surface area contributed by atoms with Gasteiger partial charge in [0, 0.05) is 17.8 Å². The van der Waals surface area contributed by atoms with Crippen LogP contribution >= 0.6 is 0 Å². The van der Waals surface area contributed by atoms with Gasteiger partial charge in [0.15, 0.2) is 0 Å². The lowest BCUT2D eigenvalue weighted by atomic mass is 10.0. The van der Waals surface area contributed by atoms with Crippen molar-refractivity contribution in [2.75, 3.05) is 18.4 Å². The van der Waals surface area contributed by atoms with Crippen LogP contribution in [0.5, 0.6) is 0 Å². The number of hydrogen-bond acceptors (Lipinski definition) is 4. The number of hydroxylamine groups is 2. The Morgan fingerprint density at radius 2 is 2.05 bits per heavy atom. The predicted octanol–water partition coefficient (Wildman–Crippen LogP) is 3.10. The molecule has 0 spiro atoms. The van der Waals surface area contributed by atoms with Crippen molar-refractivity contribution in [2.45, 2.75) is 26.2 Å². The van der Waals surface area contributed by atoms with Gasteiger partial charge in [-0.25, -0.2) is 4.79 Å². The van der Waals surface area contributed by atoms with Crippen LogP contribution in [-0.2, 0) is 9.63 Å². The number of aldehydes is 1. The molecule has 5 heteroatoms. The van der Waals surface area contributed by atoms with Crippen LogP contribution in [0, 0.1) is 0 Å². The number of anilines is 1. The van der Waals surface area contributed by atoms with Crippen LogP contribution in [0.1, 0.15) is 31.7 Å². The first-order valence-corrected chi connectivity index (χ1v) is 7.06. The summed E-state index contributed by atoms with van der Waals surface area (Å²) in [5.74, 6) is 0.452. The zero-order valence-corrected chi connectivity index (χ0v) is 12.3. The predicted molar refractivity (Wildman–Crippen MR) is 81.0 cm³/mol. The largest absolute Gasteiger partial charge is 0.430 e.